The molecule has 3 aliphatic rings. The summed E-state index contributed by atoms with van der Waals surface area (Å²) in [5.41, 5.74) is 2.32. The minimum absolute atomic E-state index is 0.0157. The van der Waals surface area contributed by atoms with Gasteiger partial charge in [-0.15, -0.1) is 0 Å². The van der Waals surface area contributed by atoms with Gasteiger partial charge >= 0.3 is 0 Å². The van der Waals surface area contributed by atoms with Crippen LogP contribution in [0.15, 0.2) is 88.6 Å². The lowest BCUT2D eigenvalue weighted by molar-refractivity contribution is -0.120. The molecule has 2 aliphatic carbocycles. The number of aromatic amines is 1. The molecule has 10 nitrogen and oxygen atoms in total. The van der Waals surface area contributed by atoms with Crippen molar-refractivity contribution in [2.45, 2.75) is 31.7 Å². The molecule has 4 N–H and O–H groups in total. The maximum Gasteiger partial charge on any atom is 0.263 e. The minimum Gasteiger partial charge on any atom is -0.351 e. The number of alkyl halides is 2. The predicted octanol–water partition coefficient (Wildman–Crippen LogP) is 1.98. The third-order valence-electron chi connectivity index (χ3n) is 6.72. The first kappa shape index (κ1) is 26.7. The molecule has 3 heterocycles. The fourth-order valence-corrected chi connectivity index (χ4v) is 4.68. The van der Waals surface area contributed by atoms with Gasteiger partial charge in [0.25, 0.3) is 17.4 Å². The Morgan fingerprint density at radius 3 is 2.83 bits per heavy atom. The van der Waals surface area contributed by atoms with Gasteiger partial charge in [0, 0.05) is 48.5 Å². The maximum atomic E-state index is 13.6. The van der Waals surface area contributed by atoms with Gasteiger partial charge < -0.3 is 25.5 Å². The highest BCUT2D eigenvalue weighted by Crippen LogP contribution is 2.35. The lowest BCUT2D eigenvalue weighted by Crippen LogP contribution is -2.35. The number of halogens is 2. The van der Waals surface area contributed by atoms with Gasteiger partial charge in [0.1, 0.15) is 5.56 Å². The number of fused-ring (bicyclic) bond motifs is 1. The molecule has 0 aromatic carbocycles. The SMILES string of the molecule is O=C(CCNC(=O)c1cccn(CC2=CC(F)C(F)C=C2)c1=O)NC1=CC=C2NC(=O)/C(=C\c3cnc[nH]3)C2C1. The Hall–Kier alpha value is -4.87. The van der Waals surface area contributed by atoms with Crippen LogP contribution in [-0.4, -0.2) is 51.1 Å². The van der Waals surface area contributed by atoms with Gasteiger partial charge in [-0.3, -0.25) is 19.2 Å². The van der Waals surface area contributed by atoms with Gasteiger partial charge in [-0.05, 0) is 48.1 Å². The Labute approximate surface area is 227 Å². The molecule has 3 unspecified atom stereocenters. The van der Waals surface area contributed by atoms with E-state index in [0.717, 1.165) is 17.8 Å². The molecule has 0 bridgehead atoms. The highest BCUT2D eigenvalue weighted by atomic mass is 19.2. The summed E-state index contributed by atoms with van der Waals surface area (Å²) in [6.45, 7) is -0.0324. The summed E-state index contributed by atoms with van der Waals surface area (Å²) < 4.78 is 28.2. The molecule has 3 amide bonds. The van der Waals surface area contributed by atoms with Gasteiger partial charge in [0.2, 0.25) is 5.91 Å². The number of H-pyrrole nitrogens is 1. The lowest BCUT2D eigenvalue weighted by atomic mass is 9.90. The molecule has 1 saturated heterocycles. The fourth-order valence-electron chi connectivity index (χ4n) is 4.68. The van der Waals surface area contributed by atoms with E-state index in [9.17, 15) is 28.0 Å². The summed E-state index contributed by atoms with van der Waals surface area (Å²) in [6, 6.07) is 2.87. The highest BCUT2D eigenvalue weighted by molar-refractivity contribution is 6.03. The van der Waals surface area contributed by atoms with E-state index in [0.29, 0.717) is 29.0 Å². The normalized spacial score (nSPS) is 22.6. The molecule has 5 rings (SSSR count). The summed E-state index contributed by atoms with van der Waals surface area (Å²) in [5, 5.41) is 8.23. The Balaban J connectivity index is 1.13. The van der Waals surface area contributed by atoms with E-state index in [-0.39, 0.29) is 42.8 Å². The summed E-state index contributed by atoms with van der Waals surface area (Å²) in [4.78, 5) is 57.3. The number of nitrogens with zero attached hydrogens (tertiary/aromatic N) is 2. The monoisotopic (exact) mass is 548 g/mol. The zero-order valence-corrected chi connectivity index (χ0v) is 21.2. The smallest absolute Gasteiger partial charge is 0.263 e. The first-order valence-electron chi connectivity index (χ1n) is 12.6. The molecule has 2 aromatic heterocycles. The molecular formula is C28H26F2N6O4. The molecular weight excluding hydrogens is 522 g/mol. The van der Waals surface area contributed by atoms with E-state index < -0.39 is 23.8 Å². The summed E-state index contributed by atoms with van der Waals surface area (Å²) in [7, 11) is 0. The Kier molecular flexibility index (Phi) is 7.67. The number of rotatable bonds is 8. The van der Waals surface area contributed by atoms with E-state index in [1.54, 1.807) is 24.4 Å². The highest BCUT2D eigenvalue weighted by Gasteiger charge is 2.35. The van der Waals surface area contributed by atoms with Crippen molar-refractivity contribution in [3.8, 4) is 0 Å². The van der Waals surface area contributed by atoms with Crippen molar-refractivity contribution in [3.63, 3.8) is 0 Å². The molecule has 3 atom stereocenters. The second-order valence-electron chi connectivity index (χ2n) is 9.53. The molecule has 206 valence electrons. The second-order valence-corrected chi connectivity index (χ2v) is 9.53. The third kappa shape index (κ3) is 5.90. The van der Waals surface area contributed by atoms with Crippen LogP contribution in [0.2, 0.25) is 0 Å². The zero-order chi connectivity index (χ0) is 28.2. The van der Waals surface area contributed by atoms with Gasteiger partial charge in [0.15, 0.2) is 12.3 Å². The van der Waals surface area contributed by atoms with Crippen LogP contribution >= 0.6 is 0 Å². The van der Waals surface area contributed by atoms with Crippen LogP contribution in [0.5, 0.6) is 0 Å². The molecule has 40 heavy (non-hydrogen) atoms. The first-order chi connectivity index (χ1) is 19.3. The zero-order valence-electron chi connectivity index (χ0n) is 21.2. The number of amides is 3. The number of allylic oxidation sites excluding steroid dienone is 8. The van der Waals surface area contributed by atoms with Crippen LogP contribution in [0.25, 0.3) is 6.08 Å². The molecule has 1 fully saturated rings. The molecule has 0 spiro atoms. The van der Waals surface area contributed by atoms with Crippen molar-refractivity contribution in [1.29, 1.82) is 0 Å². The average Bonchev–Trinajstić information content (AvgIpc) is 3.55. The van der Waals surface area contributed by atoms with Gasteiger partial charge in [-0.1, -0.05) is 6.08 Å². The lowest BCUT2D eigenvalue weighted by Gasteiger charge is -2.19. The van der Waals surface area contributed by atoms with Crippen LogP contribution in [0.4, 0.5) is 8.78 Å². The van der Waals surface area contributed by atoms with E-state index >= 15 is 0 Å². The molecule has 0 saturated carbocycles. The molecule has 12 heteroatoms. The summed E-state index contributed by atoms with van der Waals surface area (Å²) >= 11 is 0. The van der Waals surface area contributed by atoms with Crippen molar-refractivity contribution in [2.75, 3.05) is 6.54 Å². The summed E-state index contributed by atoms with van der Waals surface area (Å²) in [6.07, 6.45) is 10.3. The van der Waals surface area contributed by atoms with Crippen molar-refractivity contribution in [1.82, 2.24) is 30.5 Å². The Bertz CT molecular complexity index is 1550. The number of hydrogen-bond acceptors (Lipinski definition) is 5. The molecule has 0 radical (unpaired) electrons. The molecule has 1 aliphatic heterocycles. The first-order valence-corrected chi connectivity index (χ1v) is 12.6. The van der Waals surface area contributed by atoms with Crippen LogP contribution < -0.4 is 21.5 Å². The van der Waals surface area contributed by atoms with Gasteiger partial charge in [-0.25, -0.2) is 13.8 Å². The number of pyridine rings is 1. The van der Waals surface area contributed by atoms with Crippen LogP contribution in [0.1, 0.15) is 28.9 Å². The van der Waals surface area contributed by atoms with Crippen molar-refractivity contribution in [2.24, 2.45) is 5.92 Å². The number of aromatic nitrogens is 3. The third-order valence-corrected chi connectivity index (χ3v) is 6.72. The Morgan fingerprint density at radius 1 is 1.20 bits per heavy atom. The van der Waals surface area contributed by atoms with Gasteiger partial charge in [-0.2, -0.15) is 0 Å². The predicted molar refractivity (Wildman–Crippen MR) is 142 cm³/mol. The number of nitrogens with one attached hydrogen (secondary N) is 4. The minimum atomic E-state index is -1.78. The second kappa shape index (κ2) is 11.5. The van der Waals surface area contributed by atoms with E-state index in [2.05, 4.69) is 25.9 Å². The standard InChI is InChI=1S/C28H26F2N6O4/c29-22-5-3-16(10-23(22)30)14-36-9-1-2-19(28(36)40)26(38)32-8-7-25(37)34-17-4-6-24-20(11-17)21(27(39)35-24)12-18-13-31-15-33-18/h1-6,9-10,12-13,15,20,22-23H,7-8,11,14H2,(H,31,33)(H,32,38)(H,34,37)(H,35,39)/b21-12-. The summed E-state index contributed by atoms with van der Waals surface area (Å²) in [5.74, 6) is -1.43. The molecule has 2 aromatic rings. The topological polar surface area (TPSA) is 138 Å². The van der Waals surface area contributed by atoms with E-state index in [1.165, 1.54) is 35.3 Å². The van der Waals surface area contributed by atoms with Crippen molar-refractivity contribution in [3.05, 3.63) is 105 Å². The van der Waals surface area contributed by atoms with E-state index in [1.807, 2.05) is 0 Å². The van der Waals surface area contributed by atoms with Crippen LogP contribution in [0, 0.1) is 5.92 Å². The van der Waals surface area contributed by atoms with E-state index in [4.69, 9.17) is 0 Å². The number of imidazole rings is 1. The largest absolute Gasteiger partial charge is 0.351 e. The van der Waals surface area contributed by atoms with Crippen LogP contribution in [-0.2, 0) is 16.1 Å². The maximum absolute atomic E-state index is 13.6. The van der Waals surface area contributed by atoms with Gasteiger partial charge in [0.05, 0.1) is 24.8 Å². The number of hydrogen-bond donors (Lipinski definition) is 4. The quantitative estimate of drug-likeness (QED) is 0.374. The van der Waals surface area contributed by atoms with Crippen molar-refractivity contribution >= 4 is 23.8 Å². The number of carbonyl (C=O) groups excluding carboxylic acids is 3. The fraction of sp³-hybridized carbons (Fsp3) is 0.250. The average molecular weight is 549 g/mol. The number of carbonyl (C=O) groups is 3. The Morgan fingerprint density at radius 2 is 2.05 bits per heavy atom. The van der Waals surface area contributed by atoms with Crippen LogP contribution in [0.3, 0.4) is 0 Å². The van der Waals surface area contributed by atoms with Crippen molar-refractivity contribution < 1.29 is 23.2 Å².